The maximum absolute atomic E-state index is 8.80. The molecule has 0 radical (unpaired) electrons. The number of anilines is 1. The van der Waals surface area contributed by atoms with Gasteiger partial charge in [-0.15, -0.1) is 24.8 Å². The van der Waals surface area contributed by atoms with Gasteiger partial charge in [-0.2, -0.15) is 0 Å². The Kier molecular flexibility index (Phi) is 6.37. The first-order valence-electron chi connectivity index (χ1n) is 2.30. The van der Waals surface area contributed by atoms with Crippen molar-refractivity contribution in [2.45, 2.75) is 0 Å². The zero-order valence-electron chi connectivity index (χ0n) is 5.32. The van der Waals surface area contributed by atoms with Gasteiger partial charge in [0.1, 0.15) is 5.15 Å². The van der Waals surface area contributed by atoms with E-state index in [1.807, 2.05) is 0 Å². The molecular weight excluding hydrogens is 210 g/mol. The molecule has 0 aliphatic carbocycles. The second-order valence-electron chi connectivity index (χ2n) is 1.57. The third-order valence-electron chi connectivity index (χ3n) is 0.881. The monoisotopic (exact) mass is 216 g/mol. The molecule has 0 atom stereocenters. The Labute approximate surface area is 81.4 Å². The van der Waals surface area contributed by atoms with Crippen molar-refractivity contribution in [2.24, 2.45) is 0 Å². The van der Waals surface area contributed by atoms with Crippen molar-refractivity contribution in [3.63, 3.8) is 0 Å². The first-order chi connectivity index (χ1) is 4.20. The molecule has 0 saturated heterocycles. The molecule has 0 bridgehead atoms. The number of nitrogens with zero attached hydrogens (tertiary/aromatic N) is 1. The van der Waals surface area contributed by atoms with E-state index in [9.17, 15) is 0 Å². The fourth-order valence-corrected chi connectivity index (χ4v) is 0.603. The molecule has 0 aliphatic heterocycles. The summed E-state index contributed by atoms with van der Waals surface area (Å²) in [6.45, 7) is 0. The van der Waals surface area contributed by atoms with E-state index in [1.54, 1.807) is 0 Å². The molecule has 6 heteroatoms. The molecule has 1 aromatic rings. The molecule has 0 amide bonds. The Morgan fingerprint density at radius 3 is 2.36 bits per heavy atom. The summed E-state index contributed by atoms with van der Waals surface area (Å²) in [6, 6.07) is 1.39. The van der Waals surface area contributed by atoms with E-state index in [0.717, 1.165) is 0 Å². The highest BCUT2D eigenvalue weighted by Crippen LogP contribution is 2.19. The first-order valence-corrected chi connectivity index (χ1v) is 2.68. The summed E-state index contributed by atoms with van der Waals surface area (Å²) < 4.78 is 0. The average Bonchev–Trinajstić information content (AvgIpc) is 1.80. The van der Waals surface area contributed by atoms with E-state index < -0.39 is 0 Å². The fraction of sp³-hybridized carbons (Fsp3) is 0. The lowest BCUT2D eigenvalue weighted by atomic mass is 10.4. The van der Waals surface area contributed by atoms with Crippen molar-refractivity contribution < 1.29 is 5.11 Å². The van der Waals surface area contributed by atoms with Gasteiger partial charge in [-0.25, -0.2) is 4.98 Å². The number of nitrogen functional groups attached to an aromatic ring is 1. The summed E-state index contributed by atoms with van der Waals surface area (Å²) in [5.41, 5.74) is 5.49. The predicted molar refractivity (Wildman–Crippen MR) is 49.8 cm³/mol. The van der Waals surface area contributed by atoms with Gasteiger partial charge in [0.15, 0.2) is 5.75 Å². The smallest absolute Gasteiger partial charge is 0.156 e. The van der Waals surface area contributed by atoms with Crippen LogP contribution in [0.1, 0.15) is 0 Å². The zero-order valence-corrected chi connectivity index (χ0v) is 7.71. The molecule has 0 saturated carbocycles. The molecule has 0 aromatic carbocycles. The van der Waals surface area contributed by atoms with Crippen molar-refractivity contribution in [3.8, 4) is 5.75 Å². The van der Waals surface area contributed by atoms with Gasteiger partial charge in [-0.1, -0.05) is 11.6 Å². The van der Waals surface area contributed by atoms with Crippen LogP contribution in [0.5, 0.6) is 5.75 Å². The maximum Gasteiger partial charge on any atom is 0.156 e. The number of aromatic hydroxyl groups is 1. The highest BCUT2D eigenvalue weighted by molar-refractivity contribution is 6.29. The Morgan fingerprint density at radius 1 is 1.45 bits per heavy atom. The molecule has 0 aliphatic rings. The van der Waals surface area contributed by atoms with E-state index in [0.29, 0.717) is 0 Å². The molecule has 0 unspecified atom stereocenters. The normalized spacial score (nSPS) is 7.73. The van der Waals surface area contributed by atoms with Crippen LogP contribution in [-0.2, 0) is 0 Å². The van der Waals surface area contributed by atoms with Crippen LogP contribution in [0.3, 0.4) is 0 Å². The van der Waals surface area contributed by atoms with Crippen LogP contribution in [0.15, 0.2) is 12.3 Å². The summed E-state index contributed by atoms with van der Waals surface area (Å²) in [5, 5.41) is 9.08. The van der Waals surface area contributed by atoms with E-state index in [-0.39, 0.29) is 41.4 Å². The molecule has 0 spiro atoms. The van der Waals surface area contributed by atoms with Gasteiger partial charge in [-0.3, -0.25) is 0 Å². The molecule has 3 N–H and O–H groups in total. The van der Waals surface area contributed by atoms with Crippen LogP contribution < -0.4 is 5.73 Å². The highest BCUT2D eigenvalue weighted by atomic mass is 35.5. The van der Waals surface area contributed by atoms with Gasteiger partial charge in [0.25, 0.3) is 0 Å². The number of aromatic nitrogens is 1. The van der Waals surface area contributed by atoms with Crippen LogP contribution >= 0.6 is 36.4 Å². The van der Waals surface area contributed by atoms with E-state index in [1.165, 1.54) is 12.3 Å². The van der Waals surface area contributed by atoms with Crippen LogP contribution in [0.25, 0.3) is 0 Å². The van der Waals surface area contributed by atoms with E-state index >= 15 is 0 Å². The van der Waals surface area contributed by atoms with E-state index in [2.05, 4.69) is 4.98 Å². The minimum absolute atomic E-state index is 0. The summed E-state index contributed by atoms with van der Waals surface area (Å²) in [4.78, 5) is 3.57. The molecular formula is C5H7Cl3N2O. The topological polar surface area (TPSA) is 59.1 Å². The van der Waals surface area contributed by atoms with Gasteiger partial charge in [0.05, 0.1) is 11.9 Å². The number of rotatable bonds is 0. The number of hydrogen-bond acceptors (Lipinski definition) is 3. The molecule has 1 aromatic heterocycles. The molecule has 0 fully saturated rings. The molecule has 1 heterocycles. The van der Waals surface area contributed by atoms with Gasteiger partial charge in [0, 0.05) is 6.07 Å². The minimum atomic E-state index is -0.0422. The summed E-state index contributed by atoms with van der Waals surface area (Å²) >= 11 is 5.41. The quantitative estimate of drug-likeness (QED) is 0.652. The third kappa shape index (κ3) is 3.51. The lowest BCUT2D eigenvalue weighted by Crippen LogP contribution is -1.85. The summed E-state index contributed by atoms with van der Waals surface area (Å²) in [6.07, 6.45) is 1.21. The minimum Gasteiger partial charge on any atom is -0.504 e. The molecule has 1 rings (SSSR count). The number of hydrogen-bond donors (Lipinski definition) is 2. The molecule has 3 nitrogen and oxygen atoms in total. The Bertz CT molecular complexity index is 231. The van der Waals surface area contributed by atoms with Gasteiger partial charge in [-0.05, 0) is 0 Å². The predicted octanol–water partition coefficient (Wildman–Crippen LogP) is 1.87. The number of halogens is 3. The SMILES string of the molecule is Cl.Cl.Nc1cc(Cl)ncc1O. The lowest BCUT2D eigenvalue weighted by molar-refractivity contribution is 0.475. The molecule has 11 heavy (non-hydrogen) atoms. The standard InChI is InChI=1S/C5H5ClN2O.2ClH/c6-5-1-3(7)4(9)2-8-5;;/h1-2,9H,(H2,7,8);2*1H. The van der Waals surface area contributed by atoms with Crippen LogP contribution in [-0.4, -0.2) is 10.1 Å². The first kappa shape index (κ1) is 13.2. The highest BCUT2D eigenvalue weighted by Gasteiger charge is 1.95. The fourth-order valence-electron chi connectivity index (χ4n) is 0.437. The van der Waals surface area contributed by atoms with Crippen molar-refractivity contribution in [1.82, 2.24) is 4.98 Å². The average molecular weight is 217 g/mol. The second-order valence-corrected chi connectivity index (χ2v) is 1.95. The summed E-state index contributed by atoms with van der Waals surface area (Å²) in [5.74, 6) is -0.0422. The Morgan fingerprint density at radius 2 is 2.00 bits per heavy atom. The van der Waals surface area contributed by atoms with Crippen molar-refractivity contribution in [3.05, 3.63) is 17.4 Å². The lowest BCUT2D eigenvalue weighted by Gasteiger charge is -1.94. The Hall–Kier alpha value is -0.380. The van der Waals surface area contributed by atoms with Gasteiger partial charge >= 0.3 is 0 Å². The zero-order chi connectivity index (χ0) is 6.85. The second kappa shape index (κ2) is 5.29. The van der Waals surface area contributed by atoms with Crippen molar-refractivity contribution in [2.75, 3.05) is 5.73 Å². The van der Waals surface area contributed by atoms with Crippen LogP contribution in [0.4, 0.5) is 5.69 Å². The van der Waals surface area contributed by atoms with Crippen molar-refractivity contribution >= 4 is 42.1 Å². The van der Waals surface area contributed by atoms with E-state index in [4.69, 9.17) is 22.4 Å². The third-order valence-corrected chi connectivity index (χ3v) is 1.09. The van der Waals surface area contributed by atoms with Crippen LogP contribution in [0.2, 0.25) is 5.15 Å². The number of nitrogens with two attached hydrogens (primary N) is 1. The summed E-state index contributed by atoms with van der Waals surface area (Å²) in [7, 11) is 0. The maximum atomic E-state index is 8.80. The van der Waals surface area contributed by atoms with Gasteiger partial charge in [0.2, 0.25) is 0 Å². The van der Waals surface area contributed by atoms with Crippen molar-refractivity contribution in [1.29, 1.82) is 0 Å². The Balaban J connectivity index is 0. The largest absolute Gasteiger partial charge is 0.504 e. The molecule has 64 valence electrons. The van der Waals surface area contributed by atoms with Crippen LogP contribution in [0, 0.1) is 0 Å². The number of pyridine rings is 1. The van der Waals surface area contributed by atoms with Gasteiger partial charge < -0.3 is 10.8 Å².